The van der Waals surface area contributed by atoms with Crippen molar-refractivity contribution in [1.82, 2.24) is 14.8 Å². The summed E-state index contributed by atoms with van der Waals surface area (Å²) in [4.78, 5) is 21.9. The third-order valence-corrected chi connectivity index (χ3v) is 5.35. The van der Waals surface area contributed by atoms with Gasteiger partial charge in [-0.25, -0.2) is 4.98 Å². The number of benzene rings is 1. The molecule has 0 amide bonds. The molecule has 3 fully saturated rings. The van der Waals surface area contributed by atoms with Crippen molar-refractivity contribution in [2.45, 2.75) is 12.5 Å². The van der Waals surface area contributed by atoms with Crippen LogP contribution in [0.25, 0.3) is 10.2 Å². The van der Waals surface area contributed by atoms with E-state index < -0.39 is 0 Å². The summed E-state index contributed by atoms with van der Waals surface area (Å²) in [6.07, 6.45) is 0.481. The largest absolute Gasteiger partial charge is 0.299 e. The molecule has 1 aromatic carbocycles. The van der Waals surface area contributed by atoms with Crippen molar-refractivity contribution >= 4 is 27.3 Å². The molecule has 1 unspecified atom stereocenters. The lowest BCUT2D eigenvalue weighted by Gasteiger charge is -2.46. The minimum atomic E-state index is 0.0875. The van der Waals surface area contributed by atoms with Gasteiger partial charge in [0.1, 0.15) is 5.01 Å². The summed E-state index contributed by atoms with van der Waals surface area (Å²) in [5.41, 5.74) is 1.01. The van der Waals surface area contributed by atoms with E-state index in [1.54, 1.807) is 11.3 Å². The number of fused-ring (bicyclic) bond motifs is 4. The molecular formula is C15H17N3OS. The molecule has 2 aromatic rings. The van der Waals surface area contributed by atoms with Crippen LogP contribution in [0.3, 0.4) is 0 Å². The van der Waals surface area contributed by atoms with Gasteiger partial charge in [-0.15, -0.1) is 11.3 Å². The highest BCUT2D eigenvalue weighted by atomic mass is 32.1. The summed E-state index contributed by atoms with van der Waals surface area (Å²) in [5.74, 6) is 0.327. The molecule has 0 spiro atoms. The van der Waals surface area contributed by atoms with Crippen LogP contribution in [0, 0.1) is 0 Å². The highest BCUT2D eigenvalue weighted by Gasteiger charge is 2.36. The van der Waals surface area contributed by atoms with Crippen LogP contribution in [0.1, 0.15) is 5.01 Å². The summed E-state index contributed by atoms with van der Waals surface area (Å²) in [5, 5.41) is 0.953. The zero-order valence-electron chi connectivity index (χ0n) is 11.3. The second-order valence-corrected chi connectivity index (χ2v) is 6.69. The van der Waals surface area contributed by atoms with Crippen LogP contribution < -0.4 is 0 Å². The number of hydrogen-bond donors (Lipinski definition) is 0. The predicted molar refractivity (Wildman–Crippen MR) is 80.1 cm³/mol. The quantitative estimate of drug-likeness (QED) is 0.855. The maximum atomic E-state index is 12.5. The molecule has 4 nitrogen and oxygen atoms in total. The van der Waals surface area contributed by atoms with Gasteiger partial charge in [-0.1, -0.05) is 12.1 Å². The maximum absolute atomic E-state index is 12.5. The Morgan fingerprint density at radius 1 is 1.25 bits per heavy atom. The molecule has 1 aromatic heterocycles. The zero-order valence-corrected chi connectivity index (χ0v) is 12.1. The predicted octanol–water partition coefficient (Wildman–Crippen LogP) is 1.41. The van der Waals surface area contributed by atoms with Crippen molar-refractivity contribution in [2.24, 2.45) is 0 Å². The first kappa shape index (κ1) is 12.4. The summed E-state index contributed by atoms with van der Waals surface area (Å²) in [6, 6.07) is 8.18. The topological polar surface area (TPSA) is 36.4 Å². The van der Waals surface area contributed by atoms with Crippen molar-refractivity contribution in [1.29, 1.82) is 0 Å². The Balaban J connectivity index is 1.52. The number of ketones is 1. The van der Waals surface area contributed by atoms with Crippen LogP contribution in [0.5, 0.6) is 0 Å². The second kappa shape index (κ2) is 4.91. The third-order valence-electron chi connectivity index (χ3n) is 4.31. The Morgan fingerprint density at radius 2 is 2.05 bits per heavy atom. The Hall–Kier alpha value is -1.30. The van der Waals surface area contributed by atoms with E-state index in [4.69, 9.17) is 0 Å². The molecule has 5 heteroatoms. The van der Waals surface area contributed by atoms with E-state index in [1.165, 1.54) is 4.70 Å². The lowest BCUT2D eigenvalue weighted by atomic mass is 10.0. The van der Waals surface area contributed by atoms with Crippen molar-refractivity contribution in [3.8, 4) is 0 Å². The SMILES string of the molecule is O=C(Cc1nc2ccccc2s1)C1CN2CCN1CC2. The second-order valence-electron chi connectivity index (χ2n) is 5.57. The van der Waals surface area contributed by atoms with Crippen LogP contribution in [-0.2, 0) is 11.2 Å². The highest BCUT2D eigenvalue weighted by Crippen LogP contribution is 2.24. The fraction of sp³-hybridized carbons (Fsp3) is 0.467. The number of hydrogen-bond acceptors (Lipinski definition) is 5. The van der Waals surface area contributed by atoms with E-state index >= 15 is 0 Å². The van der Waals surface area contributed by atoms with Gasteiger partial charge in [0.05, 0.1) is 22.7 Å². The normalized spacial score (nSPS) is 28.9. The molecule has 0 saturated carbocycles. The number of rotatable bonds is 3. The van der Waals surface area contributed by atoms with Crippen molar-refractivity contribution in [3.05, 3.63) is 29.3 Å². The molecule has 20 heavy (non-hydrogen) atoms. The monoisotopic (exact) mass is 287 g/mol. The van der Waals surface area contributed by atoms with Gasteiger partial charge >= 0.3 is 0 Å². The van der Waals surface area contributed by atoms with Gasteiger partial charge in [0, 0.05) is 32.7 Å². The molecule has 3 aliphatic heterocycles. The minimum absolute atomic E-state index is 0.0875. The smallest absolute Gasteiger partial charge is 0.158 e. The molecular weight excluding hydrogens is 270 g/mol. The van der Waals surface area contributed by atoms with Crippen LogP contribution in [-0.4, -0.2) is 59.3 Å². The first-order valence-corrected chi connectivity index (χ1v) is 7.95. The number of para-hydroxylation sites is 1. The molecule has 0 aliphatic carbocycles. The number of aromatic nitrogens is 1. The molecule has 3 aliphatic rings. The number of Topliss-reactive ketones (excluding diaryl/α,β-unsaturated/α-hetero) is 1. The number of thiazole rings is 1. The third kappa shape index (κ3) is 2.16. The van der Waals surface area contributed by atoms with E-state index in [0.717, 1.165) is 43.2 Å². The summed E-state index contributed by atoms with van der Waals surface area (Å²) in [6.45, 7) is 5.21. The van der Waals surface area contributed by atoms with Crippen LogP contribution in [0.2, 0.25) is 0 Å². The van der Waals surface area contributed by atoms with Crippen LogP contribution in [0.4, 0.5) is 0 Å². The van der Waals surface area contributed by atoms with Gasteiger partial charge in [0.25, 0.3) is 0 Å². The fourth-order valence-electron chi connectivity index (χ4n) is 3.19. The number of carbonyl (C=O) groups is 1. The van der Waals surface area contributed by atoms with E-state index in [9.17, 15) is 4.79 Å². The molecule has 0 radical (unpaired) electrons. The average Bonchev–Trinajstić information content (AvgIpc) is 2.90. The molecule has 2 bridgehead atoms. The Labute approximate surface area is 122 Å². The molecule has 104 valence electrons. The molecule has 0 N–H and O–H groups in total. The van der Waals surface area contributed by atoms with Gasteiger partial charge in [-0.3, -0.25) is 14.6 Å². The molecule has 5 rings (SSSR count). The standard InChI is InChI=1S/C15H17N3OS/c19-13(12-10-17-5-7-18(12)8-6-17)9-15-16-11-3-1-2-4-14(11)20-15/h1-4,12H,5-10H2. The van der Waals surface area contributed by atoms with Crippen LogP contribution in [0.15, 0.2) is 24.3 Å². The maximum Gasteiger partial charge on any atom is 0.158 e. The van der Waals surface area contributed by atoms with E-state index in [0.29, 0.717) is 12.2 Å². The number of piperazine rings is 3. The van der Waals surface area contributed by atoms with Gasteiger partial charge in [-0.2, -0.15) is 0 Å². The van der Waals surface area contributed by atoms with E-state index in [1.807, 2.05) is 18.2 Å². The van der Waals surface area contributed by atoms with E-state index in [2.05, 4.69) is 20.9 Å². The first-order chi connectivity index (χ1) is 9.79. The summed E-state index contributed by atoms with van der Waals surface area (Å²) < 4.78 is 1.17. The minimum Gasteiger partial charge on any atom is -0.299 e. The summed E-state index contributed by atoms with van der Waals surface area (Å²) >= 11 is 1.65. The zero-order chi connectivity index (χ0) is 13.5. The van der Waals surface area contributed by atoms with Gasteiger partial charge in [0.15, 0.2) is 5.78 Å². The van der Waals surface area contributed by atoms with Gasteiger partial charge in [-0.05, 0) is 12.1 Å². The van der Waals surface area contributed by atoms with E-state index in [-0.39, 0.29) is 6.04 Å². The lowest BCUT2D eigenvalue weighted by molar-refractivity contribution is -0.128. The van der Waals surface area contributed by atoms with Crippen LogP contribution >= 0.6 is 11.3 Å². The Morgan fingerprint density at radius 3 is 2.75 bits per heavy atom. The molecule has 4 heterocycles. The number of nitrogens with zero attached hydrogens (tertiary/aromatic N) is 3. The Kier molecular flexibility index (Phi) is 3.06. The van der Waals surface area contributed by atoms with Crippen molar-refractivity contribution in [2.75, 3.05) is 32.7 Å². The highest BCUT2D eigenvalue weighted by molar-refractivity contribution is 7.18. The van der Waals surface area contributed by atoms with Crippen molar-refractivity contribution in [3.63, 3.8) is 0 Å². The van der Waals surface area contributed by atoms with Crippen molar-refractivity contribution < 1.29 is 4.79 Å². The first-order valence-electron chi connectivity index (χ1n) is 7.13. The van der Waals surface area contributed by atoms with Gasteiger partial charge < -0.3 is 0 Å². The summed E-state index contributed by atoms with van der Waals surface area (Å²) in [7, 11) is 0. The lowest BCUT2D eigenvalue weighted by Crippen LogP contribution is -2.63. The average molecular weight is 287 g/mol. The fourth-order valence-corrected chi connectivity index (χ4v) is 4.16. The molecule has 3 saturated heterocycles. The molecule has 1 atom stereocenters. The van der Waals surface area contributed by atoms with Gasteiger partial charge in [0.2, 0.25) is 0 Å². The number of carbonyl (C=O) groups excluding carboxylic acids is 1. The Bertz CT molecular complexity index is 612.